The summed E-state index contributed by atoms with van der Waals surface area (Å²) in [5, 5.41) is 12.1. The van der Waals surface area contributed by atoms with Crippen LogP contribution in [0.15, 0.2) is 36.4 Å². The van der Waals surface area contributed by atoms with Crippen molar-refractivity contribution in [3.63, 3.8) is 0 Å². The van der Waals surface area contributed by atoms with Crippen molar-refractivity contribution in [1.82, 2.24) is 5.32 Å². The highest BCUT2D eigenvalue weighted by atomic mass is 16.5. The van der Waals surface area contributed by atoms with Crippen LogP contribution >= 0.6 is 0 Å². The summed E-state index contributed by atoms with van der Waals surface area (Å²) in [6.07, 6.45) is 6.08. The van der Waals surface area contributed by atoms with E-state index >= 15 is 0 Å². The van der Waals surface area contributed by atoms with Crippen molar-refractivity contribution in [2.24, 2.45) is 17.8 Å². The van der Waals surface area contributed by atoms with Gasteiger partial charge in [-0.3, -0.25) is 4.79 Å². The first kappa shape index (κ1) is 14.6. The summed E-state index contributed by atoms with van der Waals surface area (Å²) in [5.41, 5.74) is 0.542. The first-order valence-corrected chi connectivity index (χ1v) is 7.44. The van der Waals surface area contributed by atoms with Gasteiger partial charge in [0, 0.05) is 5.92 Å². The molecule has 1 amide bonds. The number of nitrogens with one attached hydrogen (secondary N) is 1. The number of amides is 1. The lowest BCUT2D eigenvalue weighted by Crippen LogP contribution is -2.39. The first-order valence-electron chi connectivity index (χ1n) is 7.44. The Bertz CT molecular complexity index is 608. The van der Waals surface area contributed by atoms with Gasteiger partial charge in [-0.2, -0.15) is 0 Å². The van der Waals surface area contributed by atoms with E-state index in [4.69, 9.17) is 4.74 Å². The number of benzene rings is 1. The average Bonchev–Trinajstić information content (AvgIpc) is 3.15. The SMILES string of the molecule is COc1ccc(C(NC(=O)C2CC3C=CC2C3)C(=O)O)cc1. The molecule has 2 N–H and O–H groups in total. The van der Waals surface area contributed by atoms with Crippen LogP contribution < -0.4 is 10.1 Å². The molecule has 2 aliphatic carbocycles. The van der Waals surface area contributed by atoms with Gasteiger partial charge in [0.2, 0.25) is 5.91 Å². The lowest BCUT2D eigenvalue weighted by Gasteiger charge is -2.21. The lowest BCUT2D eigenvalue weighted by molar-refractivity contribution is -0.142. The van der Waals surface area contributed by atoms with Gasteiger partial charge in [0.05, 0.1) is 7.11 Å². The minimum absolute atomic E-state index is 0.102. The molecule has 22 heavy (non-hydrogen) atoms. The third-order valence-corrected chi connectivity index (χ3v) is 4.60. The Labute approximate surface area is 129 Å². The van der Waals surface area contributed by atoms with E-state index < -0.39 is 12.0 Å². The summed E-state index contributed by atoms with van der Waals surface area (Å²) >= 11 is 0. The Balaban J connectivity index is 1.72. The Morgan fingerprint density at radius 2 is 1.95 bits per heavy atom. The quantitative estimate of drug-likeness (QED) is 0.817. The predicted octanol–water partition coefficient (Wildman–Crippen LogP) is 2.15. The molecule has 1 fully saturated rings. The van der Waals surface area contributed by atoms with Crippen LogP contribution in [0, 0.1) is 17.8 Å². The molecular formula is C17H19NO4. The highest BCUT2D eigenvalue weighted by molar-refractivity contribution is 5.86. The maximum absolute atomic E-state index is 12.4. The van der Waals surface area contributed by atoms with Crippen LogP contribution in [0.25, 0.3) is 0 Å². The number of carbonyl (C=O) groups is 2. The minimum atomic E-state index is -1.06. The zero-order valence-corrected chi connectivity index (χ0v) is 12.4. The molecule has 4 unspecified atom stereocenters. The van der Waals surface area contributed by atoms with Gasteiger partial charge in [0.15, 0.2) is 6.04 Å². The number of hydrogen-bond acceptors (Lipinski definition) is 3. The van der Waals surface area contributed by atoms with E-state index in [9.17, 15) is 14.7 Å². The second-order valence-corrected chi connectivity index (χ2v) is 5.94. The van der Waals surface area contributed by atoms with Crippen LogP contribution in [0.5, 0.6) is 5.75 Å². The van der Waals surface area contributed by atoms with Crippen molar-refractivity contribution in [2.75, 3.05) is 7.11 Å². The second kappa shape index (κ2) is 5.83. The van der Waals surface area contributed by atoms with Crippen molar-refractivity contribution in [3.05, 3.63) is 42.0 Å². The van der Waals surface area contributed by atoms with Crippen LogP contribution in [0.4, 0.5) is 0 Å². The van der Waals surface area contributed by atoms with Gasteiger partial charge >= 0.3 is 5.97 Å². The molecule has 0 spiro atoms. The van der Waals surface area contributed by atoms with Crippen LogP contribution in [-0.2, 0) is 9.59 Å². The molecule has 0 heterocycles. The third-order valence-electron chi connectivity index (χ3n) is 4.60. The number of rotatable bonds is 5. The van der Waals surface area contributed by atoms with E-state index in [1.165, 1.54) is 0 Å². The molecule has 5 heteroatoms. The van der Waals surface area contributed by atoms with E-state index in [1.807, 2.05) is 0 Å². The largest absolute Gasteiger partial charge is 0.497 e. The van der Waals surface area contributed by atoms with Gasteiger partial charge in [-0.05, 0) is 42.4 Å². The molecule has 0 saturated heterocycles. The number of hydrogen-bond donors (Lipinski definition) is 2. The Hall–Kier alpha value is -2.30. The van der Waals surface area contributed by atoms with E-state index in [0.29, 0.717) is 17.2 Å². The molecule has 5 nitrogen and oxygen atoms in total. The summed E-state index contributed by atoms with van der Waals surface area (Å²) in [6, 6.07) is 5.69. The second-order valence-electron chi connectivity index (χ2n) is 5.94. The maximum Gasteiger partial charge on any atom is 0.330 e. The molecule has 2 bridgehead atoms. The van der Waals surface area contributed by atoms with Crippen molar-refractivity contribution in [1.29, 1.82) is 0 Å². The molecule has 1 saturated carbocycles. The zero-order valence-electron chi connectivity index (χ0n) is 12.4. The summed E-state index contributed by atoms with van der Waals surface area (Å²) < 4.78 is 5.06. The Morgan fingerprint density at radius 3 is 2.45 bits per heavy atom. The van der Waals surface area contributed by atoms with Gasteiger partial charge in [-0.25, -0.2) is 4.79 Å². The predicted molar refractivity (Wildman–Crippen MR) is 80.4 cm³/mol. The summed E-state index contributed by atoms with van der Waals surface area (Å²) in [6.45, 7) is 0. The standard InChI is InChI=1S/C17H19NO4/c1-22-13-6-4-11(5-7-13)15(17(20)21)18-16(19)14-9-10-2-3-12(14)8-10/h2-7,10,12,14-15H,8-9H2,1H3,(H,18,19)(H,20,21). The Morgan fingerprint density at radius 1 is 1.23 bits per heavy atom. The van der Waals surface area contributed by atoms with E-state index in [-0.39, 0.29) is 17.7 Å². The molecule has 3 rings (SSSR count). The summed E-state index contributed by atoms with van der Waals surface area (Å²) in [5.74, 6) is 0.0603. The molecule has 4 atom stereocenters. The molecule has 1 aromatic rings. The number of allylic oxidation sites excluding steroid dienone is 2. The van der Waals surface area contributed by atoms with Crippen molar-refractivity contribution in [2.45, 2.75) is 18.9 Å². The fourth-order valence-electron chi connectivity index (χ4n) is 3.42. The first-order chi connectivity index (χ1) is 10.6. The smallest absolute Gasteiger partial charge is 0.330 e. The molecule has 2 aliphatic rings. The molecule has 0 aromatic heterocycles. The van der Waals surface area contributed by atoms with Crippen LogP contribution in [0.3, 0.4) is 0 Å². The molecule has 1 aromatic carbocycles. The third kappa shape index (κ3) is 2.71. The van der Waals surface area contributed by atoms with E-state index in [0.717, 1.165) is 12.8 Å². The van der Waals surface area contributed by atoms with Crippen LogP contribution in [0.1, 0.15) is 24.4 Å². The van der Waals surface area contributed by atoms with Gasteiger partial charge in [-0.1, -0.05) is 24.3 Å². The topological polar surface area (TPSA) is 75.6 Å². The lowest BCUT2D eigenvalue weighted by atomic mass is 9.92. The van der Waals surface area contributed by atoms with Gasteiger partial charge in [0.25, 0.3) is 0 Å². The average molecular weight is 301 g/mol. The maximum atomic E-state index is 12.4. The van der Waals surface area contributed by atoms with Crippen LogP contribution in [0.2, 0.25) is 0 Å². The normalized spacial score (nSPS) is 26.7. The number of carboxylic acids is 1. The van der Waals surface area contributed by atoms with E-state index in [1.54, 1.807) is 31.4 Å². The number of methoxy groups -OCH3 is 1. The molecule has 0 aliphatic heterocycles. The summed E-state index contributed by atoms with van der Waals surface area (Å²) in [4.78, 5) is 23.9. The molecule has 0 radical (unpaired) electrons. The Kier molecular flexibility index (Phi) is 3.88. The van der Waals surface area contributed by atoms with Crippen molar-refractivity contribution in [3.8, 4) is 5.75 Å². The summed E-state index contributed by atoms with van der Waals surface area (Å²) in [7, 11) is 1.55. The fraction of sp³-hybridized carbons (Fsp3) is 0.412. The minimum Gasteiger partial charge on any atom is -0.497 e. The number of ether oxygens (including phenoxy) is 1. The molecular weight excluding hydrogens is 282 g/mol. The van der Waals surface area contributed by atoms with Crippen LogP contribution in [-0.4, -0.2) is 24.1 Å². The van der Waals surface area contributed by atoms with Crippen molar-refractivity contribution >= 4 is 11.9 Å². The van der Waals surface area contributed by atoms with Gasteiger partial charge in [0.1, 0.15) is 5.75 Å². The van der Waals surface area contributed by atoms with Gasteiger partial charge < -0.3 is 15.2 Å². The zero-order chi connectivity index (χ0) is 15.7. The number of fused-ring (bicyclic) bond motifs is 2. The number of carbonyl (C=O) groups excluding carboxylic acids is 1. The molecule has 116 valence electrons. The monoisotopic (exact) mass is 301 g/mol. The van der Waals surface area contributed by atoms with Gasteiger partial charge in [-0.15, -0.1) is 0 Å². The highest BCUT2D eigenvalue weighted by Crippen LogP contribution is 2.43. The fourth-order valence-corrected chi connectivity index (χ4v) is 3.42. The highest BCUT2D eigenvalue weighted by Gasteiger charge is 2.40. The van der Waals surface area contributed by atoms with Crippen molar-refractivity contribution < 1.29 is 19.4 Å². The number of carboxylic acid groups (broad SMARTS) is 1. The van der Waals surface area contributed by atoms with E-state index in [2.05, 4.69) is 17.5 Å². The number of aliphatic carboxylic acids is 1.